The fourth-order valence-electron chi connectivity index (χ4n) is 2.71. The van der Waals surface area contributed by atoms with Gasteiger partial charge in [0.1, 0.15) is 12.4 Å². The maximum absolute atomic E-state index is 12.6. The number of para-hydroxylation sites is 1. The Labute approximate surface area is 183 Å². The summed E-state index contributed by atoms with van der Waals surface area (Å²) in [6.45, 7) is 2.41. The van der Waals surface area contributed by atoms with E-state index in [1.54, 1.807) is 59.9 Å². The maximum atomic E-state index is 12.6. The second-order valence-corrected chi connectivity index (χ2v) is 7.71. The van der Waals surface area contributed by atoms with E-state index in [-0.39, 0.29) is 18.9 Å². The molecule has 0 aliphatic heterocycles. The molecule has 0 spiro atoms. The fraction of sp³-hybridized carbons (Fsp3) is 0.182. The number of amides is 3. The van der Waals surface area contributed by atoms with Crippen molar-refractivity contribution in [1.82, 2.24) is 10.3 Å². The predicted molar refractivity (Wildman–Crippen MR) is 118 cm³/mol. The second kappa shape index (κ2) is 10.4. The van der Waals surface area contributed by atoms with E-state index in [1.165, 1.54) is 0 Å². The van der Waals surface area contributed by atoms with E-state index in [1.807, 2.05) is 12.3 Å². The van der Waals surface area contributed by atoms with Crippen LogP contribution in [0.3, 0.4) is 0 Å². The number of hydrogen-bond acceptors (Lipinski definition) is 6. The predicted octanol–water partition coefficient (Wildman–Crippen LogP) is 2.89. The van der Waals surface area contributed by atoms with Gasteiger partial charge in [-0.15, -0.1) is 11.3 Å². The number of nitrogens with zero attached hydrogens (tertiary/aromatic N) is 1. The molecular formula is C22H22N4O4S. The third kappa shape index (κ3) is 6.38. The van der Waals surface area contributed by atoms with E-state index in [9.17, 15) is 14.4 Å². The van der Waals surface area contributed by atoms with Crippen LogP contribution < -0.4 is 21.1 Å². The van der Waals surface area contributed by atoms with Crippen molar-refractivity contribution in [3.63, 3.8) is 0 Å². The molecule has 9 heteroatoms. The van der Waals surface area contributed by atoms with Crippen LogP contribution in [0.2, 0.25) is 0 Å². The first-order valence-corrected chi connectivity index (χ1v) is 10.4. The normalized spacial score (nSPS) is 10.4. The molecule has 0 aliphatic rings. The number of aryl methyl sites for hydroxylation is 1. The molecule has 3 rings (SSSR count). The van der Waals surface area contributed by atoms with Gasteiger partial charge in [0.05, 0.1) is 22.0 Å². The van der Waals surface area contributed by atoms with Crippen LogP contribution in [0.5, 0.6) is 5.75 Å². The number of hydrogen-bond donors (Lipinski definition) is 3. The number of nitrogens with one attached hydrogen (secondary N) is 2. The number of carbonyl (C=O) groups excluding carboxylic acids is 3. The Hall–Kier alpha value is -3.72. The minimum Gasteiger partial charge on any atom is -0.487 e. The Morgan fingerprint density at radius 3 is 2.48 bits per heavy atom. The highest BCUT2D eigenvalue weighted by atomic mass is 32.1. The maximum Gasteiger partial charge on any atom is 0.255 e. The Balaban J connectivity index is 1.61. The van der Waals surface area contributed by atoms with Crippen molar-refractivity contribution in [2.75, 3.05) is 11.9 Å². The Morgan fingerprint density at radius 1 is 1.06 bits per heavy atom. The second-order valence-electron chi connectivity index (χ2n) is 6.64. The first-order valence-electron chi connectivity index (χ1n) is 9.53. The number of carbonyl (C=O) groups is 3. The number of primary amides is 1. The average molecular weight is 439 g/mol. The molecule has 160 valence electrons. The van der Waals surface area contributed by atoms with Gasteiger partial charge in [-0.3, -0.25) is 14.4 Å². The summed E-state index contributed by atoms with van der Waals surface area (Å²) in [7, 11) is 0. The van der Waals surface area contributed by atoms with E-state index in [2.05, 4.69) is 15.6 Å². The summed E-state index contributed by atoms with van der Waals surface area (Å²) >= 11 is 1.56. The largest absolute Gasteiger partial charge is 0.487 e. The van der Waals surface area contributed by atoms with Gasteiger partial charge in [0.2, 0.25) is 5.91 Å². The quantitative estimate of drug-likeness (QED) is 0.474. The van der Waals surface area contributed by atoms with Gasteiger partial charge in [-0.25, -0.2) is 4.98 Å². The monoisotopic (exact) mass is 438 g/mol. The lowest BCUT2D eigenvalue weighted by Crippen LogP contribution is -2.28. The average Bonchev–Trinajstić information content (AvgIpc) is 3.17. The van der Waals surface area contributed by atoms with Crippen LogP contribution >= 0.6 is 11.3 Å². The van der Waals surface area contributed by atoms with E-state index in [0.717, 1.165) is 10.7 Å². The molecule has 0 radical (unpaired) electrons. The summed E-state index contributed by atoms with van der Waals surface area (Å²) in [5, 5.41) is 8.28. The van der Waals surface area contributed by atoms with Gasteiger partial charge in [0, 0.05) is 23.9 Å². The Kier molecular flexibility index (Phi) is 7.34. The first-order chi connectivity index (χ1) is 14.9. The summed E-state index contributed by atoms with van der Waals surface area (Å²) in [6, 6.07) is 13.3. The number of benzene rings is 2. The minimum absolute atomic E-state index is 0.0385. The van der Waals surface area contributed by atoms with Crippen molar-refractivity contribution in [3.8, 4) is 5.75 Å². The fourth-order valence-corrected chi connectivity index (χ4v) is 3.31. The summed E-state index contributed by atoms with van der Waals surface area (Å²) < 4.78 is 5.69. The molecule has 4 N–H and O–H groups in total. The van der Waals surface area contributed by atoms with Gasteiger partial charge < -0.3 is 21.1 Å². The van der Waals surface area contributed by atoms with Gasteiger partial charge in [-0.1, -0.05) is 12.1 Å². The van der Waals surface area contributed by atoms with Crippen LogP contribution in [-0.2, 0) is 11.4 Å². The molecule has 0 atom stereocenters. The molecule has 0 aliphatic carbocycles. The third-order valence-electron chi connectivity index (χ3n) is 4.25. The van der Waals surface area contributed by atoms with Crippen LogP contribution in [0.25, 0.3) is 0 Å². The zero-order chi connectivity index (χ0) is 22.2. The van der Waals surface area contributed by atoms with Gasteiger partial charge >= 0.3 is 0 Å². The molecule has 0 fully saturated rings. The van der Waals surface area contributed by atoms with Crippen molar-refractivity contribution >= 4 is 34.7 Å². The molecule has 0 unspecified atom stereocenters. The number of anilines is 1. The molecule has 1 heterocycles. The number of ether oxygens (including phenoxy) is 1. The zero-order valence-corrected chi connectivity index (χ0v) is 17.7. The molecule has 0 saturated heterocycles. The smallest absolute Gasteiger partial charge is 0.255 e. The minimum atomic E-state index is -0.504. The summed E-state index contributed by atoms with van der Waals surface area (Å²) in [5.74, 6) is -0.648. The van der Waals surface area contributed by atoms with Gasteiger partial charge in [0.15, 0.2) is 0 Å². The molecule has 3 amide bonds. The molecule has 0 saturated carbocycles. The van der Waals surface area contributed by atoms with Crippen molar-refractivity contribution < 1.29 is 19.1 Å². The van der Waals surface area contributed by atoms with Crippen LogP contribution in [0.1, 0.15) is 37.8 Å². The number of aromatic nitrogens is 1. The topological polar surface area (TPSA) is 123 Å². The van der Waals surface area contributed by atoms with E-state index >= 15 is 0 Å². The molecular weight excluding hydrogens is 416 g/mol. The summed E-state index contributed by atoms with van der Waals surface area (Å²) in [6.07, 6.45) is 0.0385. The van der Waals surface area contributed by atoms with Crippen molar-refractivity contribution in [1.29, 1.82) is 0 Å². The number of nitrogens with two attached hydrogens (primary N) is 1. The summed E-state index contributed by atoms with van der Waals surface area (Å²) in [5.41, 5.74) is 7.01. The SMILES string of the molecule is Cc1nc(COc2ccc(C(=O)Nc3ccccc3C(=O)NCCC(N)=O)cc2)cs1. The zero-order valence-electron chi connectivity index (χ0n) is 16.9. The van der Waals surface area contributed by atoms with Crippen molar-refractivity contribution in [2.45, 2.75) is 20.0 Å². The lowest BCUT2D eigenvalue weighted by molar-refractivity contribution is -0.117. The van der Waals surface area contributed by atoms with E-state index < -0.39 is 11.8 Å². The van der Waals surface area contributed by atoms with Gasteiger partial charge in [0.25, 0.3) is 11.8 Å². The Bertz CT molecular complexity index is 1080. The van der Waals surface area contributed by atoms with Crippen LogP contribution in [0, 0.1) is 6.92 Å². The lowest BCUT2D eigenvalue weighted by atomic mass is 10.1. The van der Waals surface area contributed by atoms with Crippen molar-refractivity contribution in [2.24, 2.45) is 5.73 Å². The van der Waals surface area contributed by atoms with Crippen molar-refractivity contribution in [3.05, 3.63) is 75.7 Å². The van der Waals surface area contributed by atoms with Crippen LogP contribution in [-0.4, -0.2) is 29.3 Å². The molecule has 0 bridgehead atoms. The first kappa shape index (κ1) is 22.0. The van der Waals surface area contributed by atoms with Crippen LogP contribution in [0.4, 0.5) is 5.69 Å². The highest BCUT2D eigenvalue weighted by Crippen LogP contribution is 2.19. The van der Waals surface area contributed by atoms with Gasteiger partial charge in [-0.05, 0) is 43.3 Å². The molecule has 31 heavy (non-hydrogen) atoms. The molecule has 1 aromatic heterocycles. The highest BCUT2D eigenvalue weighted by Gasteiger charge is 2.14. The van der Waals surface area contributed by atoms with E-state index in [4.69, 9.17) is 10.5 Å². The third-order valence-corrected chi connectivity index (χ3v) is 5.07. The number of thiazole rings is 1. The number of rotatable bonds is 9. The van der Waals surface area contributed by atoms with E-state index in [0.29, 0.717) is 29.2 Å². The lowest BCUT2D eigenvalue weighted by Gasteiger charge is -2.11. The van der Waals surface area contributed by atoms with Gasteiger partial charge in [-0.2, -0.15) is 0 Å². The molecule has 3 aromatic rings. The molecule has 8 nitrogen and oxygen atoms in total. The standard InChI is InChI=1S/C22H22N4O4S/c1-14-25-16(13-31-14)12-30-17-8-6-15(7-9-17)21(28)26-19-5-3-2-4-18(19)22(29)24-11-10-20(23)27/h2-9,13H,10-12H2,1H3,(H2,23,27)(H,24,29)(H,26,28). The molecule has 2 aromatic carbocycles. The van der Waals surface area contributed by atoms with Crippen LogP contribution in [0.15, 0.2) is 53.9 Å². The Morgan fingerprint density at radius 2 is 1.81 bits per heavy atom. The summed E-state index contributed by atoms with van der Waals surface area (Å²) in [4.78, 5) is 40.2. The highest BCUT2D eigenvalue weighted by molar-refractivity contribution is 7.09.